The van der Waals surface area contributed by atoms with Crippen LogP contribution in [0.5, 0.6) is 0 Å². The molecule has 0 saturated heterocycles. The molecule has 0 radical (unpaired) electrons. The Balaban J connectivity index is 0.00000324. The molecule has 0 atom stereocenters. The molecule has 0 aliphatic heterocycles. The summed E-state index contributed by atoms with van der Waals surface area (Å²) in [5, 5.41) is 6.78. The normalized spacial score (nSPS) is 16.0. The summed E-state index contributed by atoms with van der Waals surface area (Å²) in [6, 6.07) is 1.10. The van der Waals surface area contributed by atoms with Crippen molar-refractivity contribution in [2.75, 3.05) is 26.7 Å². The largest absolute Gasteiger partial charge is 0.357 e. The quantitative estimate of drug-likeness (QED) is 0.321. The van der Waals surface area contributed by atoms with Crippen molar-refractivity contribution in [3.05, 3.63) is 12.2 Å². The molecule has 0 aromatic rings. The van der Waals surface area contributed by atoms with Gasteiger partial charge < -0.3 is 15.5 Å². The van der Waals surface area contributed by atoms with E-state index in [1.54, 1.807) is 0 Å². The topological polar surface area (TPSA) is 39.7 Å². The number of hydrogen-bond donors (Lipinski definition) is 2. The number of rotatable bonds is 6. The molecule has 2 N–H and O–H groups in total. The molecule has 0 saturated carbocycles. The van der Waals surface area contributed by atoms with Crippen molar-refractivity contribution in [1.29, 1.82) is 0 Å². The van der Waals surface area contributed by atoms with Crippen LogP contribution in [0.3, 0.4) is 0 Å². The summed E-state index contributed by atoms with van der Waals surface area (Å²) >= 11 is 0. The molecule has 0 aromatic heterocycles. The average molecular weight is 380 g/mol. The van der Waals surface area contributed by atoms with E-state index in [0.717, 1.165) is 38.4 Å². The lowest BCUT2D eigenvalue weighted by Crippen LogP contribution is -2.43. The van der Waals surface area contributed by atoms with Gasteiger partial charge in [0, 0.05) is 25.2 Å². The molecule has 5 heteroatoms. The lowest BCUT2D eigenvalue weighted by atomic mass is 10.2. The van der Waals surface area contributed by atoms with Crippen LogP contribution >= 0.6 is 24.0 Å². The summed E-state index contributed by atoms with van der Waals surface area (Å²) in [6.07, 6.45) is 6.67. The van der Waals surface area contributed by atoms with Gasteiger partial charge in [0.05, 0.1) is 6.54 Å². The molecule has 0 bridgehead atoms. The Hall–Kier alpha value is -0.300. The summed E-state index contributed by atoms with van der Waals surface area (Å²) in [7, 11) is 2.14. The van der Waals surface area contributed by atoms with E-state index in [4.69, 9.17) is 0 Å². The minimum Gasteiger partial charge on any atom is -0.357 e. The molecule has 1 aliphatic carbocycles. The number of likely N-dealkylation sites (N-methyl/N-ethyl adjacent to an activating group) is 1. The highest BCUT2D eigenvalue weighted by Gasteiger charge is 2.11. The van der Waals surface area contributed by atoms with Crippen molar-refractivity contribution >= 4 is 29.9 Å². The summed E-state index contributed by atoms with van der Waals surface area (Å²) < 4.78 is 0. The van der Waals surface area contributed by atoms with Crippen LogP contribution in [0.1, 0.15) is 33.6 Å². The van der Waals surface area contributed by atoms with E-state index in [1.807, 2.05) is 0 Å². The van der Waals surface area contributed by atoms with Gasteiger partial charge in [-0.25, -0.2) is 0 Å². The van der Waals surface area contributed by atoms with Gasteiger partial charge in [-0.1, -0.05) is 12.2 Å². The third-order valence-electron chi connectivity index (χ3n) is 3.30. The fraction of sp³-hybridized carbons (Fsp3) is 0.786. The standard InChI is InChI=1S/C14H28N4.HI/c1-5-15-14(17-13-8-6-7-9-13)16-10-11-18(4)12(2)3;/h6-7,12-13H,5,8-11H2,1-4H3,(H2,15,16,17);1H. The number of aliphatic imine (C=N–C) groups is 1. The fourth-order valence-corrected chi connectivity index (χ4v) is 1.83. The molecule has 4 nitrogen and oxygen atoms in total. The van der Waals surface area contributed by atoms with Crippen molar-refractivity contribution in [3.63, 3.8) is 0 Å². The lowest BCUT2D eigenvalue weighted by Gasteiger charge is -2.21. The second-order valence-corrected chi connectivity index (χ2v) is 5.12. The van der Waals surface area contributed by atoms with Crippen molar-refractivity contribution in [3.8, 4) is 0 Å². The lowest BCUT2D eigenvalue weighted by molar-refractivity contribution is 0.282. The van der Waals surface area contributed by atoms with E-state index in [1.165, 1.54) is 0 Å². The van der Waals surface area contributed by atoms with Crippen LogP contribution in [0, 0.1) is 0 Å². The number of hydrogen-bond acceptors (Lipinski definition) is 2. The molecule has 19 heavy (non-hydrogen) atoms. The predicted molar refractivity (Wildman–Crippen MR) is 94.5 cm³/mol. The van der Waals surface area contributed by atoms with E-state index in [2.05, 4.69) is 60.5 Å². The molecule has 1 aliphatic rings. The zero-order valence-corrected chi connectivity index (χ0v) is 15.0. The number of nitrogens with one attached hydrogen (secondary N) is 2. The summed E-state index contributed by atoms with van der Waals surface area (Å²) in [5.74, 6) is 0.948. The SMILES string of the molecule is CCNC(=NCCN(C)C(C)C)NC1CC=CC1.I. The van der Waals surface area contributed by atoms with Crippen LogP contribution in [0.25, 0.3) is 0 Å². The van der Waals surface area contributed by atoms with Gasteiger partial charge in [0.15, 0.2) is 5.96 Å². The maximum Gasteiger partial charge on any atom is 0.191 e. The Bertz CT molecular complexity index is 281. The zero-order valence-electron chi connectivity index (χ0n) is 12.6. The summed E-state index contributed by atoms with van der Waals surface area (Å²) in [4.78, 5) is 6.93. The first-order valence-electron chi connectivity index (χ1n) is 7.03. The minimum atomic E-state index is 0. The van der Waals surface area contributed by atoms with Crippen molar-refractivity contribution in [1.82, 2.24) is 15.5 Å². The monoisotopic (exact) mass is 380 g/mol. The van der Waals surface area contributed by atoms with Crippen LogP contribution in [0.2, 0.25) is 0 Å². The second-order valence-electron chi connectivity index (χ2n) is 5.12. The van der Waals surface area contributed by atoms with Crippen LogP contribution in [0.15, 0.2) is 17.1 Å². The van der Waals surface area contributed by atoms with Gasteiger partial charge in [0.25, 0.3) is 0 Å². The molecule has 0 unspecified atom stereocenters. The van der Waals surface area contributed by atoms with E-state index in [9.17, 15) is 0 Å². The van der Waals surface area contributed by atoms with Crippen molar-refractivity contribution < 1.29 is 0 Å². The Morgan fingerprint density at radius 3 is 2.53 bits per heavy atom. The number of guanidine groups is 1. The Morgan fingerprint density at radius 1 is 1.37 bits per heavy atom. The Kier molecular flexibility index (Phi) is 10.3. The van der Waals surface area contributed by atoms with Gasteiger partial charge in [-0.3, -0.25) is 4.99 Å². The maximum atomic E-state index is 4.62. The van der Waals surface area contributed by atoms with E-state index in [-0.39, 0.29) is 24.0 Å². The third-order valence-corrected chi connectivity index (χ3v) is 3.30. The van der Waals surface area contributed by atoms with Gasteiger partial charge in [-0.05, 0) is 40.7 Å². The average Bonchev–Trinajstić information content (AvgIpc) is 2.81. The molecule has 0 spiro atoms. The number of halogens is 1. The molecular weight excluding hydrogens is 351 g/mol. The van der Waals surface area contributed by atoms with Crippen LogP contribution in [-0.4, -0.2) is 49.6 Å². The van der Waals surface area contributed by atoms with E-state index in [0.29, 0.717) is 12.1 Å². The van der Waals surface area contributed by atoms with Crippen LogP contribution in [-0.2, 0) is 0 Å². The smallest absolute Gasteiger partial charge is 0.191 e. The Labute approximate surface area is 135 Å². The molecule has 0 aromatic carbocycles. The molecule has 1 rings (SSSR count). The van der Waals surface area contributed by atoms with E-state index >= 15 is 0 Å². The van der Waals surface area contributed by atoms with Gasteiger partial charge in [0.1, 0.15) is 0 Å². The first-order valence-corrected chi connectivity index (χ1v) is 7.03. The molecule has 112 valence electrons. The second kappa shape index (κ2) is 10.5. The maximum absolute atomic E-state index is 4.62. The summed E-state index contributed by atoms with van der Waals surface area (Å²) in [5.41, 5.74) is 0. The van der Waals surface area contributed by atoms with E-state index < -0.39 is 0 Å². The molecule has 0 heterocycles. The molecule has 0 amide bonds. The zero-order chi connectivity index (χ0) is 13.4. The predicted octanol–water partition coefficient (Wildman–Crippen LogP) is 2.22. The minimum absolute atomic E-state index is 0. The third kappa shape index (κ3) is 7.77. The van der Waals surface area contributed by atoms with Crippen molar-refractivity contribution in [2.24, 2.45) is 4.99 Å². The first kappa shape index (κ1) is 18.7. The van der Waals surface area contributed by atoms with Crippen LogP contribution < -0.4 is 10.6 Å². The van der Waals surface area contributed by atoms with Crippen LogP contribution in [0.4, 0.5) is 0 Å². The van der Waals surface area contributed by atoms with Gasteiger partial charge in [0.2, 0.25) is 0 Å². The summed E-state index contributed by atoms with van der Waals surface area (Å²) in [6.45, 7) is 9.26. The highest BCUT2D eigenvalue weighted by Crippen LogP contribution is 2.08. The van der Waals surface area contributed by atoms with Gasteiger partial charge in [-0.2, -0.15) is 0 Å². The highest BCUT2D eigenvalue weighted by molar-refractivity contribution is 14.0. The first-order chi connectivity index (χ1) is 8.63. The van der Waals surface area contributed by atoms with Gasteiger partial charge >= 0.3 is 0 Å². The number of nitrogens with zero attached hydrogens (tertiary/aromatic N) is 2. The van der Waals surface area contributed by atoms with Crippen molar-refractivity contribution in [2.45, 2.75) is 45.7 Å². The highest BCUT2D eigenvalue weighted by atomic mass is 127. The Morgan fingerprint density at radius 2 is 2.00 bits per heavy atom. The molecular formula is C14H29IN4. The molecule has 0 fully saturated rings. The van der Waals surface area contributed by atoms with Gasteiger partial charge in [-0.15, -0.1) is 24.0 Å². The fourth-order valence-electron chi connectivity index (χ4n) is 1.83.